The number of hydrogen-bond acceptors (Lipinski definition) is 2. The molecule has 0 bridgehead atoms. The Balaban J connectivity index is 3.14. The molecule has 25 heavy (non-hydrogen) atoms. The molecule has 0 aromatic rings. The van der Waals surface area contributed by atoms with E-state index in [4.69, 9.17) is 0 Å². The van der Waals surface area contributed by atoms with Crippen LogP contribution in [0.5, 0.6) is 0 Å². The molecule has 3 nitrogen and oxygen atoms in total. The first-order valence-corrected chi connectivity index (χ1v) is 11.0. The molecule has 0 rings (SSSR count). The summed E-state index contributed by atoms with van der Waals surface area (Å²) in [7, 11) is 0. The van der Waals surface area contributed by atoms with Gasteiger partial charge in [-0.3, -0.25) is 9.59 Å². The van der Waals surface area contributed by atoms with Gasteiger partial charge in [0.1, 0.15) is 5.78 Å². The number of ketones is 1. The third kappa shape index (κ3) is 19.3. The van der Waals surface area contributed by atoms with Gasteiger partial charge < -0.3 is 5.32 Å². The first-order valence-electron chi connectivity index (χ1n) is 11.0. The standard InChI is InChI=1S/C22H43NO2/c1-3-5-6-7-8-9-10-11-12-13-14-15-16-17-20-23-22(25)19-18-21(24)4-2/h3-20H2,1-2H3,(H,23,25). The summed E-state index contributed by atoms with van der Waals surface area (Å²) < 4.78 is 0. The fraction of sp³-hybridized carbons (Fsp3) is 0.909. The Morgan fingerprint density at radius 2 is 1.04 bits per heavy atom. The highest BCUT2D eigenvalue weighted by atomic mass is 16.2. The maximum absolute atomic E-state index is 11.5. The summed E-state index contributed by atoms with van der Waals surface area (Å²) in [6.45, 7) is 4.87. The summed E-state index contributed by atoms with van der Waals surface area (Å²) in [5.74, 6) is 0.197. The average Bonchev–Trinajstić information content (AvgIpc) is 2.62. The summed E-state index contributed by atoms with van der Waals surface area (Å²) in [4.78, 5) is 22.7. The maximum atomic E-state index is 11.5. The molecule has 0 aliphatic rings. The minimum absolute atomic E-state index is 0.0245. The molecule has 0 atom stereocenters. The molecule has 0 spiro atoms. The van der Waals surface area contributed by atoms with Crippen molar-refractivity contribution in [2.75, 3.05) is 6.54 Å². The molecule has 1 N–H and O–H groups in total. The van der Waals surface area contributed by atoms with Gasteiger partial charge in [0.05, 0.1) is 0 Å². The van der Waals surface area contributed by atoms with Gasteiger partial charge in [0.2, 0.25) is 5.91 Å². The Morgan fingerprint density at radius 3 is 1.48 bits per heavy atom. The SMILES string of the molecule is CCCCCCCCCCCCCCCCNC(=O)CCC(=O)CC. The number of carbonyl (C=O) groups is 2. The van der Waals surface area contributed by atoms with Crippen molar-refractivity contribution in [2.45, 2.75) is 123 Å². The maximum Gasteiger partial charge on any atom is 0.220 e. The van der Waals surface area contributed by atoms with Gasteiger partial charge in [0, 0.05) is 25.8 Å². The number of amides is 1. The second-order valence-electron chi connectivity index (χ2n) is 7.34. The molecule has 0 radical (unpaired) electrons. The third-order valence-corrected chi connectivity index (χ3v) is 4.88. The lowest BCUT2D eigenvalue weighted by molar-refractivity contribution is -0.125. The van der Waals surface area contributed by atoms with E-state index in [9.17, 15) is 9.59 Å². The number of unbranched alkanes of at least 4 members (excludes halogenated alkanes) is 13. The average molecular weight is 354 g/mol. The van der Waals surface area contributed by atoms with Crippen LogP contribution in [-0.2, 0) is 9.59 Å². The van der Waals surface area contributed by atoms with E-state index in [1.165, 1.54) is 83.5 Å². The summed E-state index contributed by atoms with van der Waals surface area (Å²) in [5, 5.41) is 2.91. The lowest BCUT2D eigenvalue weighted by atomic mass is 10.0. The van der Waals surface area contributed by atoms with E-state index in [2.05, 4.69) is 12.2 Å². The highest BCUT2D eigenvalue weighted by Gasteiger charge is 2.04. The molecule has 3 heteroatoms. The lowest BCUT2D eigenvalue weighted by Gasteiger charge is -2.05. The largest absolute Gasteiger partial charge is 0.356 e. The number of hydrogen-bond donors (Lipinski definition) is 1. The Bertz CT molecular complexity index is 315. The Morgan fingerprint density at radius 1 is 0.600 bits per heavy atom. The van der Waals surface area contributed by atoms with Crippen LogP contribution in [0.2, 0.25) is 0 Å². The topological polar surface area (TPSA) is 46.2 Å². The monoisotopic (exact) mass is 353 g/mol. The van der Waals surface area contributed by atoms with Gasteiger partial charge in [0.15, 0.2) is 0 Å². The first-order chi connectivity index (χ1) is 12.2. The van der Waals surface area contributed by atoms with Gasteiger partial charge in [-0.05, 0) is 6.42 Å². The number of carbonyl (C=O) groups excluding carboxylic acids is 2. The molecular weight excluding hydrogens is 310 g/mol. The first kappa shape index (κ1) is 24.1. The smallest absolute Gasteiger partial charge is 0.220 e. The van der Waals surface area contributed by atoms with Crippen LogP contribution in [0.1, 0.15) is 123 Å². The van der Waals surface area contributed by atoms with Crippen LogP contribution in [0.4, 0.5) is 0 Å². The quantitative estimate of drug-likeness (QED) is 0.275. The van der Waals surface area contributed by atoms with Gasteiger partial charge in [-0.2, -0.15) is 0 Å². The van der Waals surface area contributed by atoms with Crippen molar-refractivity contribution < 1.29 is 9.59 Å². The fourth-order valence-electron chi connectivity index (χ4n) is 3.07. The third-order valence-electron chi connectivity index (χ3n) is 4.88. The number of rotatable bonds is 19. The van der Waals surface area contributed by atoms with E-state index in [0.717, 1.165) is 13.0 Å². The van der Waals surface area contributed by atoms with Gasteiger partial charge in [-0.15, -0.1) is 0 Å². The summed E-state index contributed by atoms with van der Waals surface area (Å²) >= 11 is 0. The van der Waals surface area contributed by atoms with Crippen molar-refractivity contribution in [1.82, 2.24) is 5.32 Å². The molecule has 0 aromatic carbocycles. The Hall–Kier alpha value is -0.860. The van der Waals surface area contributed by atoms with Crippen molar-refractivity contribution >= 4 is 11.7 Å². The lowest BCUT2D eigenvalue weighted by Crippen LogP contribution is -2.24. The molecule has 0 aromatic heterocycles. The predicted molar refractivity (Wildman–Crippen MR) is 108 cm³/mol. The van der Waals surface area contributed by atoms with Crippen LogP contribution >= 0.6 is 0 Å². The van der Waals surface area contributed by atoms with E-state index in [-0.39, 0.29) is 11.7 Å². The zero-order valence-corrected chi connectivity index (χ0v) is 17.0. The second-order valence-corrected chi connectivity index (χ2v) is 7.34. The van der Waals surface area contributed by atoms with Crippen molar-refractivity contribution in [3.8, 4) is 0 Å². The van der Waals surface area contributed by atoms with Crippen LogP contribution < -0.4 is 5.32 Å². The van der Waals surface area contributed by atoms with Gasteiger partial charge in [0.25, 0.3) is 0 Å². The zero-order chi connectivity index (χ0) is 18.6. The minimum atomic E-state index is 0.0245. The van der Waals surface area contributed by atoms with Crippen molar-refractivity contribution in [3.05, 3.63) is 0 Å². The Labute approximate surface area is 156 Å². The second kappa shape index (κ2) is 19.5. The molecule has 0 aliphatic heterocycles. The normalized spacial score (nSPS) is 10.8. The van der Waals surface area contributed by atoms with Crippen molar-refractivity contribution in [3.63, 3.8) is 0 Å². The van der Waals surface area contributed by atoms with Crippen LogP contribution in [0, 0.1) is 0 Å². The summed E-state index contributed by atoms with van der Waals surface area (Å²) in [6, 6.07) is 0. The Kier molecular flexibility index (Phi) is 18.8. The summed E-state index contributed by atoms with van der Waals surface area (Å²) in [6.07, 6.45) is 20.2. The molecule has 0 heterocycles. The van der Waals surface area contributed by atoms with E-state index in [1.54, 1.807) is 0 Å². The van der Waals surface area contributed by atoms with Crippen LogP contribution in [0.15, 0.2) is 0 Å². The van der Waals surface area contributed by atoms with Crippen LogP contribution in [0.25, 0.3) is 0 Å². The van der Waals surface area contributed by atoms with Crippen molar-refractivity contribution in [1.29, 1.82) is 0 Å². The van der Waals surface area contributed by atoms with Gasteiger partial charge in [-0.25, -0.2) is 0 Å². The van der Waals surface area contributed by atoms with E-state index >= 15 is 0 Å². The molecule has 0 aliphatic carbocycles. The molecule has 0 fully saturated rings. The predicted octanol–water partition coefficient (Wildman–Crippen LogP) is 6.34. The molecule has 148 valence electrons. The van der Waals surface area contributed by atoms with Gasteiger partial charge >= 0.3 is 0 Å². The highest BCUT2D eigenvalue weighted by Crippen LogP contribution is 2.12. The minimum Gasteiger partial charge on any atom is -0.356 e. The summed E-state index contributed by atoms with van der Waals surface area (Å²) in [5.41, 5.74) is 0. The van der Waals surface area contributed by atoms with Crippen LogP contribution in [0.3, 0.4) is 0 Å². The fourth-order valence-corrected chi connectivity index (χ4v) is 3.07. The molecule has 0 unspecified atom stereocenters. The van der Waals surface area contributed by atoms with E-state index in [0.29, 0.717) is 19.3 Å². The molecule has 1 amide bonds. The van der Waals surface area contributed by atoms with E-state index in [1.807, 2.05) is 6.92 Å². The number of nitrogens with one attached hydrogen (secondary N) is 1. The zero-order valence-electron chi connectivity index (χ0n) is 17.0. The van der Waals surface area contributed by atoms with Crippen LogP contribution in [-0.4, -0.2) is 18.2 Å². The molecular formula is C22H43NO2. The van der Waals surface area contributed by atoms with Gasteiger partial charge in [-0.1, -0.05) is 97.3 Å². The highest BCUT2D eigenvalue weighted by molar-refractivity contribution is 5.84. The van der Waals surface area contributed by atoms with E-state index < -0.39 is 0 Å². The van der Waals surface area contributed by atoms with Crippen molar-refractivity contribution in [2.24, 2.45) is 0 Å². The molecule has 0 saturated heterocycles. The number of Topliss-reactive ketones (excluding diaryl/α,β-unsaturated/α-hetero) is 1. The molecule has 0 saturated carbocycles.